The molecule has 0 aliphatic carbocycles. The van der Waals surface area contributed by atoms with Crippen LogP contribution in [0.4, 0.5) is 0 Å². The quantitative estimate of drug-likeness (QED) is 0.404. The van der Waals surface area contributed by atoms with Gasteiger partial charge in [0.1, 0.15) is 6.54 Å². The van der Waals surface area contributed by atoms with E-state index in [0.717, 1.165) is 4.53 Å². The largest absolute Gasteiger partial charge is 0.275 e. The molecule has 2 N–H and O–H groups in total. The van der Waals surface area contributed by atoms with Crippen molar-refractivity contribution in [3.63, 3.8) is 0 Å². The average molecular weight is 122 g/mol. The van der Waals surface area contributed by atoms with Crippen molar-refractivity contribution in [2.75, 3.05) is 6.54 Å². The maximum Gasteiger partial charge on any atom is 0.252 e. The van der Waals surface area contributed by atoms with Gasteiger partial charge in [-0.15, -0.1) is 4.53 Å². The molecule has 1 amide bonds. The predicted molar refractivity (Wildman–Crippen MR) is 23.8 cm³/mol. The fourth-order valence-corrected chi connectivity index (χ4v) is 0.479. The minimum Gasteiger partial charge on any atom is -0.275 e. The molecule has 0 aromatic heterocycles. The Kier molecular flexibility index (Phi) is 1.14. The molecule has 0 radical (unpaired) electrons. The highest BCUT2D eigenvalue weighted by Crippen LogP contribution is 1.89. The van der Waals surface area contributed by atoms with Gasteiger partial charge in [0.2, 0.25) is 0 Å². The van der Waals surface area contributed by atoms with E-state index >= 15 is 0 Å². The van der Waals surface area contributed by atoms with Crippen LogP contribution in [0.5, 0.6) is 0 Å². The van der Waals surface area contributed by atoms with Crippen LogP contribution in [0.15, 0.2) is 0 Å². The van der Waals surface area contributed by atoms with Gasteiger partial charge in [0, 0.05) is 0 Å². The number of hydrogen-bond donors (Lipinski definition) is 2. The lowest BCUT2D eigenvalue weighted by Crippen LogP contribution is -2.30. The van der Waals surface area contributed by atoms with Crippen LogP contribution in [0.2, 0.25) is 0 Å². The molecule has 1 aliphatic heterocycles. The molecular weight excluding hydrogens is 117 g/mol. The first kappa shape index (κ1) is 4.83. The molecule has 0 aromatic carbocycles. The van der Waals surface area contributed by atoms with Crippen molar-refractivity contribution >= 4 is 17.7 Å². The van der Waals surface area contributed by atoms with E-state index in [-0.39, 0.29) is 12.5 Å². The lowest BCUT2D eigenvalue weighted by Gasteiger charge is -1.95. The van der Waals surface area contributed by atoms with Crippen molar-refractivity contribution in [3.05, 3.63) is 0 Å². The summed E-state index contributed by atoms with van der Waals surface area (Å²) in [7, 11) is 0. The van der Waals surface area contributed by atoms with E-state index in [1.54, 1.807) is 0 Å². The van der Waals surface area contributed by atoms with E-state index in [2.05, 4.69) is 11.0 Å². The second-order valence-corrected chi connectivity index (χ2v) is 1.59. The maximum absolute atomic E-state index is 10.2. The van der Waals surface area contributed by atoms with Crippen LogP contribution in [0.25, 0.3) is 0 Å². The standard InChI is InChI=1S/C2H4ClN3O/c3-6-1-2(7)4-5-6/h5H,1H2,(H,4,7). The average Bonchev–Trinajstić information content (AvgIpc) is 1.87. The second-order valence-electron chi connectivity index (χ2n) is 1.18. The summed E-state index contributed by atoms with van der Waals surface area (Å²) < 4.78 is 1.14. The van der Waals surface area contributed by atoms with Crippen molar-refractivity contribution < 1.29 is 4.79 Å². The lowest BCUT2D eigenvalue weighted by atomic mass is 10.7. The summed E-state index contributed by atoms with van der Waals surface area (Å²) in [6.45, 7) is 0.210. The molecule has 0 bridgehead atoms. The third kappa shape index (κ3) is 1.02. The van der Waals surface area contributed by atoms with Gasteiger partial charge in [-0.05, 0) is 11.8 Å². The van der Waals surface area contributed by atoms with Crippen LogP contribution in [0.1, 0.15) is 0 Å². The summed E-state index contributed by atoms with van der Waals surface area (Å²) in [6.07, 6.45) is 0. The van der Waals surface area contributed by atoms with Gasteiger partial charge < -0.3 is 0 Å². The Morgan fingerprint density at radius 3 is 2.71 bits per heavy atom. The van der Waals surface area contributed by atoms with Gasteiger partial charge in [0.25, 0.3) is 5.91 Å². The highest BCUT2D eigenvalue weighted by molar-refractivity contribution is 6.14. The van der Waals surface area contributed by atoms with Crippen LogP contribution in [-0.4, -0.2) is 17.0 Å². The first-order chi connectivity index (χ1) is 3.29. The third-order valence-corrected chi connectivity index (χ3v) is 0.803. The molecule has 0 saturated carbocycles. The molecule has 0 spiro atoms. The summed E-state index contributed by atoms with van der Waals surface area (Å²) >= 11 is 5.25. The Labute approximate surface area is 45.5 Å². The zero-order chi connectivity index (χ0) is 5.28. The number of carbonyl (C=O) groups is 1. The normalized spacial score (nSPS) is 22.7. The van der Waals surface area contributed by atoms with Gasteiger partial charge in [0.15, 0.2) is 0 Å². The zero-order valence-electron chi connectivity index (χ0n) is 3.44. The molecular formula is C2H4ClN3O. The highest BCUT2D eigenvalue weighted by atomic mass is 35.5. The van der Waals surface area contributed by atoms with Gasteiger partial charge in [-0.25, -0.2) is 0 Å². The highest BCUT2D eigenvalue weighted by Gasteiger charge is 2.14. The van der Waals surface area contributed by atoms with Crippen molar-refractivity contribution in [2.24, 2.45) is 0 Å². The smallest absolute Gasteiger partial charge is 0.252 e. The molecule has 4 nitrogen and oxygen atoms in total. The molecule has 1 rings (SSSR count). The van der Waals surface area contributed by atoms with Crippen molar-refractivity contribution in [1.29, 1.82) is 0 Å². The lowest BCUT2D eigenvalue weighted by molar-refractivity contribution is -0.118. The minimum absolute atomic E-state index is 0.116. The van der Waals surface area contributed by atoms with Crippen molar-refractivity contribution in [1.82, 2.24) is 15.5 Å². The molecule has 0 atom stereocenters. The number of nitrogens with one attached hydrogen (secondary N) is 2. The van der Waals surface area contributed by atoms with E-state index in [0.29, 0.717) is 0 Å². The monoisotopic (exact) mass is 121 g/mol. The molecule has 1 saturated heterocycles. The fraction of sp³-hybridized carbons (Fsp3) is 0.500. The Bertz CT molecular complexity index is 94.9. The van der Waals surface area contributed by atoms with Gasteiger partial charge in [-0.3, -0.25) is 10.2 Å². The third-order valence-electron chi connectivity index (χ3n) is 0.599. The van der Waals surface area contributed by atoms with Gasteiger partial charge in [-0.2, -0.15) is 5.53 Å². The van der Waals surface area contributed by atoms with E-state index in [1.165, 1.54) is 0 Å². The van der Waals surface area contributed by atoms with E-state index in [4.69, 9.17) is 11.8 Å². The van der Waals surface area contributed by atoms with Crippen molar-refractivity contribution in [3.8, 4) is 0 Å². The van der Waals surface area contributed by atoms with Crippen LogP contribution < -0.4 is 11.0 Å². The number of hydrazine groups is 2. The minimum atomic E-state index is -0.116. The Morgan fingerprint density at radius 2 is 2.57 bits per heavy atom. The SMILES string of the molecule is O=C1CN(Cl)NN1. The summed E-state index contributed by atoms with van der Waals surface area (Å²) in [5.41, 5.74) is 4.64. The predicted octanol–water partition coefficient (Wildman–Crippen LogP) is -1.01. The maximum atomic E-state index is 10.2. The molecule has 0 aromatic rings. The summed E-state index contributed by atoms with van der Waals surface area (Å²) in [6, 6.07) is 0. The summed E-state index contributed by atoms with van der Waals surface area (Å²) in [5, 5.41) is 0. The first-order valence-electron chi connectivity index (χ1n) is 1.77. The summed E-state index contributed by atoms with van der Waals surface area (Å²) in [5.74, 6) is -0.116. The summed E-state index contributed by atoms with van der Waals surface area (Å²) in [4.78, 5) is 10.2. The fourth-order valence-electron chi connectivity index (χ4n) is 0.328. The van der Waals surface area contributed by atoms with E-state index in [9.17, 15) is 4.79 Å². The molecule has 1 fully saturated rings. The Hall–Kier alpha value is -0.320. The molecule has 1 heterocycles. The Balaban J connectivity index is 2.40. The topological polar surface area (TPSA) is 44.4 Å². The molecule has 5 heteroatoms. The van der Waals surface area contributed by atoms with Crippen LogP contribution in [0, 0.1) is 0 Å². The van der Waals surface area contributed by atoms with Crippen LogP contribution >= 0.6 is 11.8 Å². The second kappa shape index (κ2) is 1.65. The Morgan fingerprint density at radius 1 is 1.86 bits per heavy atom. The number of hydrogen-bond acceptors (Lipinski definition) is 3. The van der Waals surface area contributed by atoms with Crippen LogP contribution in [-0.2, 0) is 4.79 Å². The van der Waals surface area contributed by atoms with Gasteiger partial charge >= 0.3 is 0 Å². The van der Waals surface area contributed by atoms with Crippen LogP contribution in [0.3, 0.4) is 0 Å². The number of carbonyl (C=O) groups excluding carboxylic acids is 1. The van der Waals surface area contributed by atoms with E-state index in [1.807, 2.05) is 0 Å². The number of nitrogens with zero attached hydrogens (tertiary/aromatic N) is 1. The van der Waals surface area contributed by atoms with E-state index < -0.39 is 0 Å². The van der Waals surface area contributed by atoms with Gasteiger partial charge in [0.05, 0.1) is 0 Å². The molecule has 40 valence electrons. The van der Waals surface area contributed by atoms with Gasteiger partial charge in [-0.1, -0.05) is 0 Å². The molecule has 0 unspecified atom stereocenters. The van der Waals surface area contributed by atoms with Crippen molar-refractivity contribution in [2.45, 2.75) is 0 Å². The molecule has 1 aliphatic rings. The number of amides is 1. The zero-order valence-corrected chi connectivity index (χ0v) is 4.20. The number of rotatable bonds is 0. The molecule has 7 heavy (non-hydrogen) atoms. The number of halogens is 1. The first-order valence-corrected chi connectivity index (χ1v) is 2.10.